The third-order valence-electron chi connectivity index (χ3n) is 2.10. The Kier molecular flexibility index (Phi) is 10.2. The molecule has 0 spiro atoms. The lowest BCUT2D eigenvalue weighted by Gasteiger charge is -2.09. The van der Waals surface area contributed by atoms with Gasteiger partial charge in [0.1, 0.15) is 0 Å². The van der Waals surface area contributed by atoms with E-state index >= 15 is 0 Å². The lowest BCUT2D eigenvalue weighted by atomic mass is 10.2. The first-order valence-electron chi connectivity index (χ1n) is 5.15. The Bertz CT molecular complexity index is 115. The molecule has 0 aromatic rings. The van der Waals surface area contributed by atoms with Crippen molar-refractivity contribution in [3.8, 4) is 0 Å². The van der Waals surface area contributed by atoms with Crippen molar-refractivity contribution in [3.63, 3.8) is 0 Å². The van der Waals surface area contributed by atoms with Gasteiger partial charge in [0, 0.05) is 11.8 Å². The van der Waals surface area contributed by atoms with Crippen molar-refractivity contribution < 1.29 is 0 Å². The molecule has 13 heavy (non-hydrogen) atoms. The average molecular weight is 201 g/mol. The lowest BCUT2D eigenvalue weighted by Crippen LogP contribution is -2.23. The van der Waals surface area contributed by atoms with Crippen molar-refractivity contribution in [2.75, 3.05) is 19.3 Å². The highest BCUT2D eigenvalue weighted by Crippen LogP contribution is 2.03. The van der Waals surface area contributed by atoms with E-state index in [4.69, 9.17) is 0 Å². The van der Waals surface area contributed by atoms with Gasteiger partial charge in [-0.3, -0.25) is 0 Å². The van der Waals surface area contributed by atoms with Gasteiger partial charge in [-0.05, 0) is 32.1 Å². The van der Waals surface area contributed by atoms with E-state index in [1.165, 1.54) is 32.2 Å². The van der Waals surface area contributed by atoms with E-state index in [-0.39, 0.29) is 0 Å². The minimum Gasteiger partial charge on any atom is -0.316 e. The van der Waals surface area contributed by atoms with Gasteiger partial charge in [-0.1, -0.05) is 19.4 Å². The summed E-state index contributed by atoms with van der Waals surface area (Å²) in [5, 5.41) is 4.21. The predicted molar refractivity (Wildman–Crippen MR) is 64.5 cm³/mol. The fourth-order valence-electron chi connectivity index (χ4n) is 1.10. The predicted octanol–water partition coefficient (Wildman–Crippen LogP) is 3.07. The SMILES string of the molecule is C=CCCCCCNCC(C)SC. The first-order valence-corrected chi connectivity index (χ1v) is 6.44. The van der Waals surface area contributed by atoms with Gasteiger partial charge < -0.3 is 5.32 Å². The quantitative estimate of drug-likeness (QED) is 0.454. The summed E-state index contributed by atoms with van der Waals surface area (Å²) in [5.41, 5.74) is 0. The Morgan fingerprint density at radius 2 is 2.15 bits per heavy atom. The van der Waals surface area contributed by atoms with Gasteiger partial charge in [-0.2, -0.15) is 11.8 Å². The summed E-state index contributed by atoms with van der Waals surface area (Å²) in [4.78, 5) is 0. The molecule has 0 aromatic heterocycles. The van der Waals surface area contributed by atoms with Crippen molar-refractivity contribution in [1.29, 1.82) is 0 Å². The molecule has 0 aliphatic rings. The highest BCUT2D eigenvalue weighted by molar-refractivity contribution is 7.99. The molecule has 1 atom stereocenters. The van der Waals surface area contributed by atoms with Crippen LogP contribution in [0.1, 0.15) is 32.6 Å². The Morgan fingerprint density at radius 3 is 2.77 bits per heavy atom. The second-order valence-electron chi connectivity index (χ2n) is 3.39. The summed E-state index contributed by atoms with van der Waals surface area (Å²) in [7, 11) is 0. The molecule has 0 rings (SSSR count). The van der Waals surface area contributed by atoms with Crippen LogP contribution in [0, 0.1) is 0 Å². The molecule has 1 unspecified atom stereocenters. The lowest BCUT2D eigenvalue weighted by molar-refractivity contribution is 0.606. The Labute approximate surface area is 87.4 Å². The molecular weight excluding hydrogens is 178 g/mol. The Balaban J connectivity index is 2.95. The highest BCUT2D eigenvalue weighted by Gasteiger charge is 1.96. The number of nitrogens with one attached hydrogen (secondary N) is 1. The first kappa shape index (κ1) is 13.1. The van der Waals surface area contributed by atoms with E-state index in [1.807, 2.05) is 17.8 Å². The van der Waals surface area contributed by atoms with Crippen LogP contribution in [0.4, 0.5) is 0 Å². The minimum atomic E-state index is 0.744. The number of hydrogen-bond acceptors (Lipinski definition) is 2. The summed E-state index contributed by atoms with van der Waals surface area (Å²) >= 11 is 1.92. The molecule has 0 amide bonds. The van der Waals surface area contributed by atoms with Crippen molar-refractivity contribution in [2.24, 2.45) is 0 Å². The van der Waals surface area contributed by atoms with Crippen molar-refractivity contribution in [3.05, 3.63) is 12.7 Å². The maximum Gasteiger partial charge on any atom is 0.0141 e. The third kappa shape index (κ3) is 9.97. The van der Waals surface area contributed by atoms with Gasteiger partial charge >= 0.3 is 0 Å². The van der Waals surface area contributed by atoms with Crippen molar-refractivity contribution in [2.45, 2.75) is 37.9 Å². The number of rotatable bonds is 9. The molecule has 78 valence electrons. The first-order chi connectivity index (χ1) is 6.31. The summed E-state index contributed by atoms with van der Waals surface area (Å²) in [6, 6.07) is 0. The van der Waals surface area contributed by atoms with Crippen molar-refractivity contribution >= 4 is 11.8 Å². The van der Waals surface area contributed by atoms with Crippen LogP contribution in [-0.2, 0) is 0 Å². The summed E-state index contributed by atoms with van der Waals surface area (Å²) in [5.74, 6) is 0. The fourth-order valence-corrected chi connectivity index (χ4v) is 1.39. The molecule has 0 aliphatic heterocycles. The van der Waals surface area contributed by atoms with E-state index in [0.29, 0.717) is 0 Å². The summed E-state index contributed by atoms with van der Waals surface area (Å²) in [6.07, 6.45) is 9.26. The van der Waals surface area contributed by atoms with Crippen LogP contribution in [0.2, 0.25) is 0 Å². The molecule has 2 heteroatoms. The van der Waals surface area contributed by atoms with E-state index < -0.39 is 0 Å². The van der Waals surface area contributed by atoms with Crippen LogP contribution in [-0.4, -0.2) is 24.6 Å². The number of allylic oxidation sites excluding steroid dienone is 1. The van der Waals surface area contributed by atoms with Gasteiger partial charge in [-0.15, -0.1) is 6.58 Å². The number of thioether (sulfide) groups is 1. The zero-order chi connectivity index (χ0) is 9.94. The monoisotopic (exact) mass is 201 g/mol. The fraction of sp³-hybridized carbons (Fsp3) is 0.818. The normalized spacial score (nSPS) is 12.8. The van der Waals surface area contributed by atoms with Crippen LogP contribution < -0.4 is 5.32 Å². The standard InChI is InChI=1S/C11H23NS/c1-4-5-6-7-8-9-12-10-11(2)13-3/h4,11-12H,1,5-10H2,2-3H3. The number of unbranched alkanes of at least 4 members (excludes halogenated alkanes) is 3. The largest absolute Gasteiger partial charge is 0.316 e. The molecule has 0 bridgehead atoms. The molecule has 0 saturated heterocycles. The van der Waals surface area contributed by atoms with Crippen LogP contribution >= 0.6 is 11.8 Å². The van der Waals surface area contributed by atoms with Gasteiger partial charge in [0.2, 0.25) is 0 Å². The summed E-state index contributed by atoms with van der Waals surface area (Å²) < 4.78 is 0. The van der Waals surface area contributed by atoms with Crippen LogP contribution in [0.15, 0.2) is 12.7 Å². The van der Waals surface area contributed by atoms with Gasteiger partial charge in [0.15, 0.2) is 0 Å². The Morgan fingerprint density at radius 1 is 1.38 bits per heavy atom. The van der Waals surface area contributed by atoms with Gasteiger partial charge in [0.05, 0.1) is 0 Å². The molecule has 0 fully saturated rings. The molecule has 1 nitrogen and oxygen atoms in total. The van der Waals surface area contributed by atoms with E-state index in [9.17, 15) is 0 Å². The van der Waals surface area contributed by atoms with Gasteiger partial charge in [-0.25, -0.2) is 0 Å². The molecule has 0 aromatic carbocycles. The van der Waals surface area contributed by atoms with Gasteiger partial charge in [0.25, 0.3) is 0 Å². The van der Waals surface area contributed by atoms with E-state index in [1.54, 1.807) is 0 Å². The molecule has 0 saturated carbocycles. The van der Waals surface area contributed by atoms with Crippen LogP contribution in [0.5, 0.6) is 0 Å². The zero-order valence-corrected chi connectivity index (χ0v) is 9.83. The molecule has 0 aliphatic carbocycles. The molecule has 0 heterocycles. The highest BCUT2D eigenvalue weighted by atomic mass is 32.2. The second-order valence-corrected chi connectivity index (χ2v) is 4.66. The van der Waals surface area contributed by atoms with Crippen LogP contribution in [0.25, 0.3) is 0 Å². The van der Waals surface area contributed by atoms with Crippen molar-refractivity contribution in [1.82, 2.24) is 5.32 Å². The molecule has 1 N–H and O–H groups in total. The third-order valence-corrected chi connectivity index (χ3v) is 3.07. The summed E-state index contributed by atoms with van der Waals surface area (Å²) in [6.45, 7) is 8.28. The van der Waals surface area contributed by atoms with Crippen LogP contribution in [0.3, 0.4) is 0 Å². The topological polar surface area (TPSA) is 12.0 Å². The zero-order valence-electron chi connectivity index (χ0n) is 9.01. The second kappa shape index (κ2) is 10.1. The average Bonchev–Trinajstić information content (AvgIpc) is 2.16. The molecule has 0 radical (unpaired) electrons. The number of hydrogen-bond donors (Lipinski definition) is 1. The maximum atomic E-state index is 3.71. The minimum absolute atomic E-state index is 0.744. The Hall–Kier alpha value is 0.0500. The maximum absolute atomic E-state index is 3.71. The van der Waals surface area contributed by atoms with E-state index in [2.05, 4.69) is 25.1 Å². The molecular formula is C11H23NS. The smallest absolute Gasteiger partial charge is 0.0141 e. The van der Waals surface area contributed by atoms with E-state index in [0.717, 1.165) is 11.8 Å².